The topological polar surface area (TPSA) is 110 Å². The third kappa shape index (κ3) is 3.32. The average Bonchev–Trinajstić information content (AvgIpc) is 2.53. The highest BCUT2D eigenvalue weighted by molar-refractivity contribution is 8.01. The number of thioether (sulfide) groups is 3. The maximum atomic E-state index is 12.3. The number of nitriles is 1. The van der Waals surface area contributed by atoms with E-state index >= 15 is 0 Å². The van der Waals surface area contributed by atoms with Gasteiger partial charge in [0.05, 0.1) is 6.07 Å². The quantitative estimate of drug-likeness (QED) is 0.642. The minimum atomic E-state index is -1.13. The van der Waals surface area contributed by atoms with Crippen molar-refractivity contribution in [3.05, 3.63) is 11.3 Å². The van der Waals surface area contributed by atoms with Crippen molar-refractivity contribution in [2.24, 2.45) is 0 Å². The molecule has 2 rings (SSSR count). The number of fused-ring (bicyclic) bond motifs is 1. The number of rotatable bonds is 6. The summed E-state index contributed by atoms with van der Waals surface area (Å²) in [5.41, 5.74) is 0.740. The van der Waals surface area contributed by atoms with Crippen LogP contribution >= 0.6 is 35.3 Å². The van der Waals surface area contributed by atoms with Crippen LogP contribution in [-0.4, -0.2) is 68.5 Å². The second-order valence-corrected chi connectivity index (χ2v) is 7.75. The van der Waals surface area contributed by atoms with E-state index in [1.54, 1.807) is 6.26 Å². The van der Waals surface area contributed by atoms with Crippen molar-refractivity contribution < 1.29 is 19.5 Å². The first-order valence-electron chi connectivity index (χ1n) is 6.58. The molecule has 2 unspecified atom stereocenters. The van der Waals surface area contributed by atoms with E-state index < -0.39 is 34.4 Å². The molecule has 2 aliphatic heterocycles. The van der Waals surface area contributed by atoms with E-state index in [1.807, 2.05) is 12.3 Å². The van der Waals surface area contributed by atoms with Gasteiger partial charge in [-0.1, -0.05) is 0 Å². The summed E-state index contributed by atoms with van der Waals surface area (Å²) in [6.07, 6.45) is 3.51. The molecule has 0 bridgehead atoms. The third-order valence-corrected chi connectivity index (χ3v) is 6.22. The van der Waals surface area contributed by atoms with Gasteiger partial charge in [0.15, 0.2) is 5.25 Å². The molecule has 1 saturated heterocycles. The van der Waals surface area contributed by atoms with Gasteiger partial charge >= 0.3 is 5.97 Å². The van der Waals surface area contributed by atoms with Gasteiger partial charge in [0, 0.05) is 11.5 Å². The van der Waals surface area contributed by atoms with E-state index in [4.69, 9.17) is 5.26 Å². The second kappa shape index (κ2) is 7.51. The standard InChI is InChI=1S/C13H15N3O4S3/c1-21-4-6-5-23-12-8(15-10(17)7(3-14)22-2)11(18)16(12)9(6)13(19)20/h7-8,12H,4-5H2,1-2H3,(H,15,17)(H,19,20)/t7?,8?,12-/m0/s1. The highest BCUT2D eigenvalue weighted by atomic mass is 32.2. The second-order valence-electron chi connectivity index (χ2n) is 4.83. The van der Waals surface area contributed by atoms with Gasteiger partial charge in [0.1, 0.15) is 17.1 Å². The summed E-state index contributed by atoms with van der Waals surface area (Å²) in [7, 11) is 0. The highest BCUT2D eigenvalue weighted by Gasteiger charge is 2.54. The van der Waals surface area contributed by atoms with Gasteiger partial charge in [-0.25, -0.2) is 4.79 Å². The molecule has 0 aromatic heterocycles. The smallest absolute Gasteiger partial charge is 0.352 e. The van der Waals surface area contributed by atoms with Crippen LogP contribution in [0.15, 0.2) is 11.3 Å². The Bertz CT molecular complexity index is 616. The zero-order valence-corrected chi connectivity index (χ0v) is 14.9. The minimum absolute atomic E-state index is 0.0281. The lowest BCUT2D eigenvalue weighted by atomic mass is 10.0. The van der Waals surface area contributed by atoms with Gasteiger partial charge in [-0.05, 0) is 18.1 Å². The molecular formula is C13H15N3O4S3. The Morgan fingerprint density at radius 2 is 2.26 bits per heavy atom. The molecule has 0 spiro atoms. The molecule has 0 aliphatic carbocycles. The van der Waals surface area contributed by atoms with Gasteiger partial charge in [-0.2, -0.15) is 17.0 Å². The number of carboxylic acid groups (broad SMARTS) is 1. The van der Waals surface area contributed by atoms with E-state index in [2.05, 4.69) is 5.32 Å². The van der Waals surface area contributed by atoms with Gasteiger partial charge < -0.3 is 10.4 Å². The molecule has 0 saturated carbocycles. The summed E-state index contributed by atoms with van der Waals surface area (Å²) >= 11 is 4.01. The predicted octanol–water partition coefficient (Wildman–Crippen LogP) is 0.343. The lowest BCUT2D eigenvalue weighted by Crippen LogP contribution is -2.71. The summed E-state index contributed by atoms with van der Waals surface area (Å²) in [4.78, 5) is 37.0. The maximum Gasteiger partial charge on any atom is 0.352 e. The van der Waals surface area contributed by atoms with E-state index in [9.17, 15) is 19.5 Å². The van der Waals surface area contributed by atoms with Crippen LogP contribution in [0.5, 0.6) is 0 Å². The van der Waals surface area contributed by atoms with Crippen LogP contribution in [0.4, 0.5) is 0 Å². The number of hydrogen-bond acceptors (Lipinski definition) is 7. The van der Waals surface area contributed by atoms with Crippen molar-refractivity contribution in [2.75, 3.05) is 24.0 Å². The first-order chi connectivity index (χ1) is 11.0. The number of nitrogens with zero attached hydrogens (tertiary/aromatic N) is 2. The fourth-order valence-electron chi connectivity index (χ4n) is 2.42. The van der Waals surface area contributed by atoms with Crippen LogP contribution in [0.2, 0.25) is 0 Å². The number of nitrogens with one attached hydrogen (secondary N) is 1. The van der Waals surface area contributed by atoms with E-state index in [0.29, 0.717) is 17.1 Å². The molecule has 0 aromatic rings. The van der Waals surface area contributed by atoms with E-state index in [0.717, 1.165) is 11.8 Å². The summed E-state index contributed by atoms with van der Waals surface area (Å²) in [5.74, 6) is -1.03. The Morgan fingerprint density at radius 3 is 2.78 bits per heavy atom. The largest absolute Gasteiger partial charge is 0.477 e. The zero-order chi connectivity index (χ0) is 17.1. The van der Waals surface area contributed by atoms with Crippen LogP contribution in [0.25, 0.3) is 0 Å². The molecule has 1 fully saturated rings. The highest BCUT2D eigenvalue weighted by Crippen LogP contribution is 2.40. The van der Waals surface area contributed by atoms with Crippen molar-refractivity contribution in [1.29, 1.82) is 5.26 Å². The fourth-order valence-corrected chi connectivity index (χ4v) is 4.87. The Balaban J connectivity index is 2.16. The molecule has 7 nitrogen and oxygen atoms in total. The molecule has 124 valence electrons. The summed E-state index contributed by atoms with van der Waals surface area (Å²) < 4.78 is 0. The van der Waals surface area contributed by atoms with Crippen LogP contribution in [0.1, 0.15) is 0 Å². The lowest BCUT2D eigenvalue weighted by molar-refractivity contribution is -0.150. The van der Waals surface area contributed by atoms with Crippen molar-refractivity contribution in [1.82, 2.24) is 10.2 Å². The number of aliphatic carboxylic acids is 1. The van der Waals surface area contributed by atoms with E-state index in [1.165, 1.54) is 28.4 Å². The molecule has 0 radical (unpaired) electrons. The predicted molar refractivity (Wildman–Crippen MR) is 91.0 cm³/mol. The zero-order valence-electron chi connectivity index (χ0n) is 12.4. The first kappa shape index (κ1) is 18.0. The van der Waals surface area contributed by atoms with Crippen molar-refractivity contribution in [3.8, 4) is 6.07 Å². The van der Waals surface area contributed by atoms with Gasteiger partial charge in [-0.15, -0.1) is 23.5 Å². The molecule has 2 N–H and O–H groups in total. The van der Waals surface area contributed by atoms with Crippen LogP contribution in [0, 0.1) is 11.3 Å². The molecule has 0 aromatic carbocycles. The Kier molecular flexibility index (Phi) is 5.89. The molecule has 3 atom stereocenters. The number of amides is 2. The molecular weight excluding hydrogens is 358 g/mol. The fraction of sp³-hybridized carbons (Fsp3) is 0.538. The average molecular weight is 373 g/mol. The summed E-state index contributed by atoms with van der Waals surface area (Å²) in [5, 5.41) is 19.5. The van der Waals surface area contributed by atoms with Crippen LogP contribution in [0.3, 0.4) is 0 Å². The van der Waals surface area contributed by atoms with E-state index in [-0.39, 0.29) is 5.70 Å². The maximum absolute atomic E-state index is 12.3. The summed E-state index contributed by atoms with van der Waals surface area (Å²) in [6.45, 7) is 0. The normalized spacial score (nSPS) is 24.4. The Labute approximate surface area is 146 Å². The number of carbonyl (C=O) groups excluding carboxylic acids is 2. The van der Waals surface area contributed by atoms with Crippen molar-refractivity contribution >= 4 is 53.1 Å². The van der Waals surface area contributed by atoms with Crippen molar-refractivity contribution in [2.45, 2.75) is 16.7 Å². The number of hydrogen-bond donors (Lipinski definition) is 2. The molecule has 2 aliphatic rings. The number of carboxylic acids is 1. The van der Waals surface area contributed by atoms with Crippen LogP contribution in [-0.2, 0) is 14.4 Å². The van der Waals surface area contributed by atoms with Gasteiger partial charge in [-0.3, -0.25) is 14.5 Å². The minimum Gasteiger partial charge on any atom is -0.477 e. The summed E-state index contributed by atoms with van der Waals surface area (Å²) in [6, 6.07) is 1.08. The molecule has 2 amide bonds. The van der Waals surface area contributed by atoms with Gasteiger partial charge in [0.25, 0.3) is 5.91 Å². The Morgan fingerprint density at radius 1 is 1.57 bits per heavy atom. The third-order valence-electron chi connectivity index (χ3n) is 3.46. The van der Waals surface area contributed by atoms with Gasteiger partial charge in [0.2, 0.25) is 5.91 Å². The number of β-lactam (4-membered cyclic amide) rings is 1. The first-order valence-corrected chi connectivity index (χ1v) is 10.3. The number of carbonyl (C=O) groups is 3. The molecule has 2 heterocycles. The SMILES string of the molecule is CSCC1=C(C(=O)O)N2C(=O)C(NC(=O)C(C#N)SC)[C@@H]2SC1. The van der Waals surface area contributed by atoms with Crippen molar-refractivity contribution in [3.63, 3.8) is 0 Å². The van der Waals surface area contributed by atoms with Crippen LogP contribution < -0.4 is 5.32 Å². The monoisotopic (exact) mass is 373 g/mol. The molecule has 10 heteroatoms. The molecule has 23 heavy (non-hydrogen) atoms. The Hall–Kier alpha value is -1.31. The lowest BCUT2D eigenvalue weighted by Gasteiger charge is -2.49.